The van der Waals surface area contributed by atoms with Gasteiger partial charge in [-0.2, -0.15) is 0 Å². The summed E-state index contributed by atoms with van der Waals surface area (Å²) < 4.78 is 14.2. The summed E-state index contributed by atoms with van der Waals surface area (Å²) in [5.74, 6) is 0.310. The van der Waals surface area contributed by atoms with E-state index >= 15 is 0 Å². The van der Waals surface area contributed by atoms with Crippen LogP contribution in [-0.4, -0.2) is 34.2 Å². The van der Waals surface area contributed by atoms with Gasteiger partial charge in [0.05, 0.1) is 6.10 Å². The first-order valence-corrected chi connectivity index (χ1v) is 10.0. The van der Waals surface area contributed by atoms with Crippen molar-refractivity contribution in [3.8, 4) is 5.75 Å². The second-order valence-electron chi connectivity index (χ2n) is 7.31. The molecule has 3 nitrogen and oxygen atoms in total. The van der Waals surface area contributed by atoms with E-state index in [1.54, 1.807) is 13.0 Å². The average Bonchev–Trinajstić information content (AvgIpc) is 2.82. The molecular weight excluding hydrogens is 331 g/mol. The molecule has 2 unspecified atom stereocenters. The summed E-state index contributed by atoms with van der Waals surface area (Å²) in [5, 5.41) is 29.2. The highest BCUT2D eigenvalue weighted by Crippen LogP contribution is 2.40. The smallest absolute Gasteiger partial charge is 0.126 e. The van der Waals surface area contributed by atoms with Gasteiger partial charge in [-0.3, -0.25) is 0 Å². The maximum Gasteiger partial charge on any atom is 0.126 e. The van der Waals surface area contributed by atoms with E-state index in [1.165, 1.54) is 11.1 Å². The Balaban J connectivity index is 2.25. The third-order valence-electron chi connectivity index (χ3n) is 5.42. The molecule has 0 heterocycles. The topological polar surface area (TPSA) is 60.7 Å². The summed E-state index contributed by atoms with van der Waals surface area (Å²) in [7, 11) is 0. The van der Waals surface area contributed by atoms with Crippen LogP contribution in [0.15, 0.2) is 23.8 Å². The van der Waals surface area contributed by atoms with Gasteiger partial charge in [-0.05, 0) is 75.0 Å². The number of halogens is 1. The van der Waals surface area contributed by atoms with Crippen LogP contribution in [0.1, 0.15) is 75.8 Å². The lowest BCUT2D eigenvalue weighted by Crippen LogP contribution is -2.20. The van der Waals surface area contributed by atoms with Crippen molar-refractivity contribution in [1.29, 1.82) is 0 Å². The molecule has 0 saturated heterocycles. The number of allylic oxidation sites excluding steroid dienone is 2. The van der Waals surface area contributed by atoms with Crippen LogP contribution in [0, 0.1) is 0 Å². The van der Waals surface area contributed by atoms with Gasteiger partial charge in [-0.1, -0.05) is 31.1 Å². The molecule has 146 valence electrons. The minimum absolute atomic E-state index is 0.201. The summed E-state index contributed by atoms with van der Waals surface area (Å²) >= 11 is 0. The minimum Gasteiger partial charge on any atom is -0.507 e. The Labute approximate surface area is 156 Å². The van der Waals surface area contributed by atoms with Crippen LogP contribution in [-0.2, 0) is 6.42 Å². The number of fused-ring (bicyclic) bond motifs is 1. The minimum atomic E-state index is -1.20. The molecule has 1 aromatic carbocycles. The fourth-order valence-electron chi connectivity index (χ4n) is 3.89. The highest BCUT2D eigenvalue weighted by atomic mass is 19.1. The number of aliphatic hydroxyl groups is 2. The summed E-state index contributed by atoms with van der Waals surface area (Å²) in [5.41, 5.74) is 4.49. The van der Waals surface area contributed by atoms with E-state index in [0.717, 1.165) is 56.1 Å². The van der Waals surface area contributed by atoms with Gasteiger partial charge >= 0.3 is 0 Å². The number of hydrogen-bond acceptors (Lipinski definition) is 3. The molecule has 3 N–H and O–H groups in total. The SMILES string of the molecule is CCC(O)C(F)CCC1=C(CCCCCO)c2c(O)cccc2CCC1. The average molecular weight is 365 g/mol. The van der Waals surface area contributed by atoms with E-state index in [1.807, 2.05) is 6.07 Å². The molecule has 26 heavy (non-hydrogen) atoms. The lowest BCUT2D eigenvalue weighted by atomic mass is 9.89. The number of aliphatic hydroxyl groups excluding tert-OH is 2. The molecule has 0 fully saturated rings. The molecule has 0 bridgehead atoms. The summed E-state index contributed by atoms with van der Waals surface area (Å²) in [4.78, 5) is 0. The van der Waals surface area contributed by atoms with Gasteiger partial charge in [0.1, 0.15) is 11.9 Å². The predicted octanol–water partition coefficient (Wildman–Crippen LogP) is 4.92. The van der Waals surface area contributed by atoms with E-state index in [9.17, 15) is 14.6 Å². The molecule has 0 saturated carbocycles. The van der Waals surface area contributed by atoms with Gasteiger partial charge in [-0.15, -0.1) is 0 Å². The van der Waals surface area contributed by atoms with E-state index in [-0.39, 0.29) is 6.61 Å². The lowest BCUT2D eigenvalue weighted by Gasteiger charge is -2.19. The van der Waals surface area contributed by atoms with Crippen LogP contribution in [0.3, 0.4) is 0 Å². The number of unbranched alkanes of at least 4 members (excludes halogenated alkanes) is 2. The fraction of sp³-hybridized carbons (Fsp3) is 0.636. The van der Waals surface area contributed by atoms with Crippen molar-refractivity contribution in [1.82, 2.24) is 0 Å². The lowest BCUT2D eigenvalue weighted by molar-refractivity contribution is 0.0698. The standard InChI is InChI=1S/C22H33FO3/c1-2-20(25)19(23)14-13-16-8-6-9-17-10-7-12-21(26)22(17)18(16)11-4-3-5-15-24/h7,10,12,19-20,24-26H,2-6,8-9,11,13-15H2,1H3. The molecule has 1 aromatic rings. The Morgan fingerprint density at radius 1 is 1.12 bits per heavy atom. The molecule has 0 amide bonds. The van der Waals surface area contributed by atoms with Gasteiger partial charge in [-0.25, -0.2) is 4.39 Å². The third kappa shape index (κ3) is 5.55. The van der Waals surface area contributed by atoms with Gasteiger partial charge in [0, 0.05) is 12.2 Å². The van der Waals surface area contributed by atoms with Crippen LogP contribution < -0.4 is 0 Å². The molecule has 2 rings (SSSR count). The van der Waals surface area contributed by atoms with Gasteiger partial charge in [0.2, 0.25) is 0 Å². The number of aryl methyl sites for hydroxylation is 1. The number of hydrogen-bond donors (Lipinski definition) is 3. The molecule has 0 aliphatic heterocycles. The summed E-state index contributed by atoms with van der Waals surface area (Å²) in [6.07, 6.45) is 5.64. The molecule has 0 spiro atoms. The number of aromatic hydroxyl groups is 1. The number of phenols is 1. The number of phenolic OH excluding ortho intramolecular Hbond substituents is 1. The van der Waals surface area contributed by atoms with Gasteiger partial charge < -0.3 is 15.3 Å². The van der Waals surface area contributed by atoms with Crippen molar-refractivity contribution in [2.45, 2.75) is 83.4 Å². The normalized spacial score (nSPS) is 16.9. The first-order valence-electron chi connectivity index (χ1n) is 10.0. The number of alkyl halides is 1. The first-order chi connectivity index (χ1) is 12.6. The summed E-state index contributed by atoms with van der Waals surface area (Å²) in [6.45, 7) is 2.00. The zero-order chi connectivity index (χ0) is 18.9. The second-order valence-corrected chi connectivity index (χ2v) is 7.31. The maximum absolute atomic E-state index is 14.2. The van der Waals surface area contributed by atoms with Crippen LogP contribution in [0.2, 0.25) is 0 Å². The van der Waals surface area contributed by atoms with Gasteiger partial charge in [0.15, 0.2) is 0 Å². The van der Waals surface area contributed by atoms with Gasteiger partial charge in [0.25, 0.3) is 0 Å². The van der Waals surface area contributed by atoms with E-state index < -0.39 is 12.3 Å². The number of rotatable bonds is 10. The largest absolute Gasteiger partial charge is 0.507 e. The van der Waals surface area contributed by atoms with Crippen molar-refractivity contribution < 1.29 is 19.7 Å². The Morgan fingerprint density at radius 3 is 2.65 bits per heavy atom. The first kappa shape index (κ1) is 20.9. The van der Waals surface area contributed by atoms with Crippen molar-refractivity contribution in [3.63, 3.8) is 0 Å². The quantitative estimate of drug-likeness (QED) is 0.516. The highest BCUT2D eigenvalue weighted by Gasteiger charge is 2.22. The Morgan fingerprint density at radius 2 is 1.92 bits per heavy atom. The summed E-state index contributed by atoms with van der Waals surface area (Å²) in [6, 6.07) is 5.69. The second kappa shape index (κ2) is 10.7. The molecule has 4 heteroatoms. The van der Waals surface area contributed by atoms with E-state index in [2.05, 4.69) is 6.07 Å². The predicted molar refractivity (Wildman–Crippen MR) is 104 cm³/mol. The van der Waals surface area contributed by atoms with Crippen LogP contribution in [0.4, 0.5) is 4.39 Å². The Bertz CT molecular complexity index is 597. The van der Waals surface area contributed by atoms with Crippen LogP contribution in [0.25, 0.3) is 5.57 Å². The van der Waals surface area contributed by atoms with Crippen molar-refractivity contribution in [2.75, 3.05) is 6.61 Å². The third-order valence-corrected chi connectivity index (χ3v) is 5.42. The van der Waals surface area contributed by atoms with Crippen LogP contribution >= 0.6 is 0 Å². The van der Waals surface area contributed by atoms with Crippen molar-refractivity contribution in [2.24, 2.45) is 0 Å². The Kier molecular flexibility index (Phi) is 8.60. The fourth-order valence-corrected chi connectivity index (χ4v) is 3.89. The molecular formula is C22H33FO3. The van der Waals surface area contributed by atoms with Crippen molar-refractivity contribution in [3.05, 3.63) is 34.9 Å². The molecule has 0 radical (unpaired) electrons. The zero-order valence-electron chi connectivity index (χ0n) is 15.9. The Hall–Kier alpha value is -1.39. The molecule has 1 aliphatic rings. The monoisotopic (exact) mass is 364 g/mol. The number of benzene rings is 1. The van der Waals surface area contributed by atoms with Crippen molar-refractivity contribution >= 4 is 5.57 Å². The highest BCUT2D eigenvalue weighted by molar-refractivity contribution is 5.76. The maximum atomic E-state index is 14.2. The zero-order valence-corrected chi connectivity index (χ0v) is 15.9. The van der Waals surface area contributed by atoms with Crippen LogP contribution in [0.5, 0.6) is 5.75 Å². The molecule has 1 aliphatic carbocycles. The van der Waals surface area contributed by atoms with E-state index in [4.69, 9.17) is 5.11 Å². The molecule has 2 atom stereocenters. The molecule has 0 aromatic heterocycles. The van der Waals surface area contributed by atoms with E-state index in [0.29, 0.717) is 25.0 Å².